The molecule has 3 heteroatoms. The summed E-state index contributed by atoms with van der Waals surface area (Å²) in [5.41, 5.74) is 0. The molecule has 0 aliphatic heterocycles. The van der Waals surface area contributed by atoms with Gasteiger partial charge in [0.05, 0.1) is 6.10 Å². The molecule has 0 saturated heterocycles. The minimum absolute atomic E-state index is 0.111. The van der Waals surface area contributed by atoms with Crippen LogP contribution in [0.2, 0.25) is 0 Å². The number of alkyl halides is 1. The Hall–Kier alpha value is -0.0800. The number of carbonyl (C=O) groups excluding carboxylic acids is 1. The third-order valence-electron chi connectivity index (χ3n) is 1.45. The van der Waals surface area contributed by atoms with E-state index in [-0.39, 0.29) is 18.1 Å². The summed E-state index contributed by atoms with van der Waals surface area (Å²) in [7, 11) is 0. The van der Waals surface area contributed by atoms with E-state index < -0.39 is 6.10 Å². The van der Waals surface area contributed by atoms with E-state index in [0.717, 1.165) is 12.8 Å². The molecule has 1 unspecified atom stereocenters. The van der Waals surface area contributed by atoms with Crippen molar-refractivity contribution in [2.24, 2.45) is 0 Å². The second-order valence-electron chi connectivity index (χ2n) is 2.65. The largest absolute Gasteiger partial charge is 0.391 e. The third kappa shape index (κ3) is 6.32. The van der Waals surface area contributed by atoms with Crippen LogP contribution in [0.5, 0.6) is 0 Å². The predicted molar refractivity (Wildman–Crippen MR) is 45.9 cm³/mol. The highest BCUT2D eigenvalue weighted by molar-refractivity contribution is 6.18. The minimum atomic E-state index is -0.652. The summed E-state index contributed by atoms with van der Waals surface area (Å²) in [6, 6.07) is 0. The smallest absolute Gasteiger partial charge is 0.135 e. The Morgan fingerprint density at radius 3 is 2.73 bits per heavy atom. The quantitative estimate of drug-likeness (QED) is 0.630. The Bertz CT molecular complexity index is 115. The second kappa shape index (κ2) is 6.62. The van der Waals surface area contributed by atoms with Gasteiger partial charge in [-0.15, -0.1) is 11.6 Å². The van der Waals surface area contributed by atoms with Gasteiger partial charge in [0.15, 0.2) is 0 Å². The van der Waals surface area contributed by atoms with Crippen molar-refractivity contribution in [3.8, 4) is 0 Å². The van der Waals surface area contributed by atoms with E-state index in [0.29, 0.717) is 6.42 Å². The molecular formula is C8H15ClO2. The summed E-state index contributed by atoms with van der Waals surface area (Å²) in [5.74, 6) is 0.262. The van der Waals surface area contributed by atoms with Crippen molar-refractivity contribution < 1.29 is 9.90 Å². The van der Waals surface area contributed by atoms with Crippen molar-refractivity contribution in [1.82, 2.24) is 0 Å². The molecule has 0 aromatic rings. The lowest BCUT2D eigenvalue weighted by molar-refractivity contribution is -0.120. The van der Waals surface area contributed by atoms with Gasteiger partial charge in [-0.1, -0.05) is 13.3 Å². The molecule has 0 aromatic carbocycles. The fraction of sp³-hybridized carbons (Fsp3) is 0.875. The number of aliphatic hydroxyl groups is 1. The number of aliphatic hydroxyl groups excluding tert-OH is 1. The van der Waals surface area contributed by atoms with Crippen molar-refractivity contribution in [3.63, 3.8) is 0 Å². The van der Waals surface area contributed by atoms with Gasteiger partial charge in [0.25, 0.3) is 0 Å². The van der Waals surface area contributed by atoms with Gasteiger partial charge < -0.3 is 5.11 Å². The molecule has 1 N–H and O–H groups in total. The van der Waals surface area contributed by atoms with Gasteiger partial charge in [-0.3, -0.25) is 4.79 Å². The molecule has 0 aliphatic carbocycles. The fourth-order valence-electron chi connectivity index (χ4n) is 0.793. The molecule has 11 heavy (non-hydrogen) atoms. The van der Waals surface area contributed by atoms with Crippen LogP contribution in [0.25, 0.3) is 0 Å². The summed E-state index contributed by atoms with van der Waals surface area (Å²) in [5, 5.41) is 8.97. The maximum absolute atomic E-state index is 11.0. The van der Waals surface area contributed by atoms with Gasteiger partial charge in [-0.05, 0) is 6.42 Å². The zero-order valence-corrected chi connectivity index (χ0v) is 7.60. The molecule has 0 bridgehead atoms. The van der Waals surface area contributed by atoms with E-state index in [1.54, 1.807) is 0 Å². The minimum Gasteiger partial charge on any atom is -0.391 e. The average Bonchev–Trinajstić information content (AvgIpc) is 2.00. The Morgan fingerprint density at radius 2 is 2.27 bits per heavy atom. The molecule has 0 saturated carbocycles. The Kier molecular flexibility index (Phi) is 6.57. The van der Waals surface area contributed by atoms with E-state index in [2.05, 4.69) is 0 Å². The van der Waals surface area contributed by atoms with Crippen LogP contribution in [0.3, 0.4) is 0 Å². The van der Waals surface area contributed by atoms with Crippen LogP contribution in [0.4, 0.5) is 0 Å². The van der Waals surface area contributed by atoms with Crippen molar-refractivity contribution in [1.29, 1.82) is 0 Å². The van der Waals surface area contributed by atoms with E-state index >= 15 is 0 Å². The van der Waals surface area contributed by atoms with Crippen LogP contribution >= 0.6 is 11.6 Å². The molecular weight excluding hydrogens is 164 g/mol. The van der Waals surface area contributed by atoms with Gasteiger partial charge in [-0.2, -0.15) is 0 Å². The zero-order valence-electron chi connectivity index (χ0n) is 6.85. The first-order valence-corrected chi connectivity index (χ1v) is 4.49. The summed E-state index contributed by atoms with van der Waals surface area (Å²) < 4.78 is 0. The van der Waals surface area contributed by atoms with Gasteiger partial charge in [0.2, 0.25) is 0 Å². The highest BCUT2D eigenvalue weighted by atomic mass is 35.5. The van der Waals surface area contributed by atoms with E-state index in [4.69, 9.17) is 16.7 Å². The maximum Gasteiger partial charge on any atom is 0.135 e. The Labute approximate surface area is 72.6 Å². The lowest BCUT2D eigenvalue weighted by Gasteiger charge is -2.03. The topological polar surface area (TPSA) is 37.3 Å². The molecule has 2 nitrogen and oxygen atoms in total. The van der Waals surface area contributed by atoms with Crippen LogP contribution in [0.1, 0.15) is 32.6 Å². The monoisotopic (exact) mass is 178 g/mol. The van der Waals surface area contributed by atoms with E-state index in [1.807, 2.05) is 6.92 Å². The number of ketones is 1. The molecule has 1 atom stereocenters. The molecule has 0 radical (unpaired) electrons. The third-order valence-corrected chi connectivity index (χ3v) is 1.81. The Morgan fingerprint density at radius 1 is 1.64 bits per heavy atom. The number of hydrogen-bond donors (Lipinski definition) is 1. The van der Waals surface area contributed by atoms with Crippen molar-refractivity contribution in [3.05, 3.63) is 0 Å². The van der Waals surface area contributed by atoms with Gasteiger partial charge in [0, 0.05) is 18.7 Å². The fourth-order valence-corrected chi connectivity index (χ4v) is 0.902. The molecule has 0 spiro atoms. The summed E-state index contributed by atoms with van der Waals surface area (Å²) in [6.45, 7) is 2.03. The highest BCUT2D eigenvalue weighted by Gasteiger charge is 2.08. The van der Waals surface area contributed by atoms with E-state index in [9.17, 15) is 4.79 Å². The SMILES string of the molecule is CCCCC(=O)CC(O)CCl. The number of halogens is 1. The normalized spacial score (nSPS) is 13.0. The van der Waals surface area contributed by atoms with Crippen LogP contribution in [-0.4, -0.2) is 22.9 Å². The molecule has 0 aliphatic rings. The first-order chi connectivity index (χ1) is 5.20. The number of unbranched alkanes of at least 4 members (excludes halogenated alkanes) is 1. The summed E-state index contributed by atoms with van der Waals surface area (Å²) in [4.78, 5) is 11.0. The van der Waals surface area contributed by atoms with Crippen LogP contribution < -0.4 is 0 Å². The predicted octanol–water partition coefficient (Wildman–Crippen LogP) is 1.74. The van der Waals surface area contributed by atoms with Gasteiger partial charge >= 0.3 is 0 Å². The highest BCUT2D eigenvalue weighted by Crippen LogP contribution is 2.02. The lowest BCUT2D eigenvalue weighted by atomic mass is 10.1. The van der Waals surface area contributed by atoms with Crippen molar-refractivity contribution in [2.75, 3.05) is 5.88 Å². The second-order valence-corrected chi connectivity index (χ2v) is 2.96. The molecule has 0 heterocycles. The van der Waals surface area contributed by atoms with Gasteiger partial charge in [-0.25, -0.2) is 0 Å². The zero-order chi connectivity index (χ0) is 8.69. The summed E-state index contributed by atoms with van der Waals surface area (Å²) >= 11 is 5.33. The number of hydrogen-bond acceptors (Lipinski definition) is 2. The Balaban J connectivity index is 3.36. The number of carbonyl (C=O) groups is 1. The van der Waals surface area contributed by atoms with Crippen LogP contribution in [-0.2, 0) is 4.79 Å². The number of rotatable bonds is 6. The average molecular weight is 179 g/mol. The molecule has 0 amide bonds. The number of Topliss-reactive ketones (excluding diaryl/α,β-unsaturated/α-hetero) is 1. The lowest BCUT2D eigenvalue weighted by Crippen LogP contribution is -2.14. The van der Waals surface area contributed by atoms with E-state index in [1.165, 1.54) is 0 Å². The standard InChI is InChI=1S/C8H15ClO2/c1-2-3-4-7(10)5-8(11)6-9/h8,11H,2-6H2,1H3. The van der Waals surface area contributed by atoms with Gasteiger partial charge in [0.1, 0.15) is 5.78 Å². The first kappa shape index (κ1) is 10.9. The summed E-state index contributed by atoms with van der Waals surface area (Å²) in [6.07, 6.45) is 2.06. The molecule has 0 fully saturated rings. The van der Waals surface area contributed by atoms with Crippen molar-refractivity contribution in [2.45, 2.75) is 38.7 Å². The van der Waals surface area contributed by atoms with Crippen LogP contribution in [0, 0.1) is 0 Å². The van der Waals surface area contributed by atoms with Crippen LogP contribution in [0.15, 0.2) is 0 Å². The molecule has 66 valence electrons. The first-order valence-electron chi connectivity index (χ1n) is 3.96. The molecule has 0 rings (SSSR count). The molecule has 0 aromatic heterocycles. The maximum atomic E-state index is 11.0. The van der Waals surface area contributed by atoms with Crippen molar-refractivity contribution >= 4 is 17.4 Å².